The van der Waals surface area contributed by atoms with Crippen molar-refractivity contribution in [2.45, 2.75) is 71.6 Å². The summed E-state index contributed by atoms with van der Waals surface area (Å²) in [6, 6.07) is 54.1. The van der Waals surface area contributed by atoms with Crippen LogP contribution < -0.4 is 0 Å². The molecule has 0 heterocycles. The van der Waals surface area contributed by atoms with E-state index in [2.05, 4.69) is 199 Å². The van der Waals surface area contributed by atoms with Gasteiger partial charge in [0, 0.05) is 0 Å². The summed E-state index contributed by atoms with van der Waals surface area (Å²) in [6.07, 6.45) is 12.0. The van der Waals surface area contributed by atoms with E-state index in [0.717, 1.165) is 19.3 Å². The monoisotopic (exact) mass is 764 g/mol. The van der Waals surface area contributed by atoms with Crippen LogP contribution >= 0.6 is 0 Å². The Morgan fingerprint density at radius 1 is 0.604 bits per heavy atom. The Morgan fingerprint density at radius 2 is 1.15 bits per heavy atom. The molecule has 0 saturated heterocycles. The Labute approximate surface area is 333 Å². The van der Waals surface area contributed by atoms with Gasteiger partial charge in [-0.3, -0.25) is 6.08 Å². The van der Waals surface area contributed by atoms with Crippen molar-refractivity contribution in [2.24, 2.45) is 0 Å². The van der Waals surface area contributed by atoms with Crippen LogP contribution in [0.25, 0.3) is 33.4 Å². The van der Waals surface area contributed by atoms with Crippen molar-refractivity contribution < 1.29 is 24.2 Å². The summed E-state index contributed by atoms with van der Waals surface area (Å²) in [5.41, 5.74) is 16.3. The van der Waals surface area contributed by atoms with Gasteiger partial charge in [-0.25, -0.2) is 12.2 Å². The third-order valence-electron chi connectivity index (χ3n) is 9.75. The van der Waals surface area contributed by atoms with Crippen LogP contribution in [0, 0.1) is 12.1 Å². The molecule has 0 atom stereocenters. The molecule has 6 aromatic rings. The van der Waals surface area contributed by atoms with E-state index in [1.165, 1.54) is 94.2 Å². The van der Waals surface area contributed by atoms with Crippen molar-refractivity contribution >= 4 is 3.21 Å². The average Bonchev–Trinajstić information content (AvgIpc) is 3.87. The molecular formula is C52H50Zr. The molecule has 53 heavy (non-hydrogen) atoms. The Bertz CT molecular complexity index is 2080. The summed E-state index contributed by atoms with van der Waals surface area (Å²) in [5.74, 6) is 0. The van der Waals surface area contributed by atoms with Crippen LogP contribution in [0.15, 0.2) is 158 Å². The van der Waals surface area contributed by atoms with Crippen molar-refractivity contribution in [3.8, 4) is 33.4 Å². The van der Waals surface area contributed by atoms with Gasteiger partial charge in [-0.05, 0) is 39.5 Å². The molecule has 0 spiro atoms. The summed E-state index contributed by atoms with van der Waals surface area (Å²) in [4.78, 5) is 0. The zero-order chi connectivity index (χ0) is 37.4. The van der Waals surface area contributed by atoms with E-state index >= 15 is 0 Å². The second-order valence-corrected chi connectivity index (χ2v) is 17.4. The quantitative estimate of drug-likeness (QED) is 0.153. The van der Waals surface area contributed by atoms with E-state index in [1.807, 2.05) is 12.2 Å². The van der Waals surface area contributed by atoms with Crippen LogP contribution in [0.3, 0.4) is 0 Å². The summed E-state index contributed by atoms with van der Waals surface area (Å²) in [5, 5.41) is 0. The van der Waals surface area contributed by atoms with Crippen molar-refractivity contribution in [2.75, 3.05) is 0 Å². The summed E-state index contributed by atoms with van der Waals surface area (Å²) >= 11 is 1.50. The van der Waals surface area contributed by atoms with E-state index < -0.39 is 0 Å². The number of hydrogen-bond donors (Lipinski definition) is 0. The molecule has 0 fully saturated rings. The molecule has 0 amide bonds. The molecule has 0 N–H and O–H groups in total. The molecular weight excluding hydrogens is 716 g/mol. The van der Waals surface area contributed by atoms with Crippen LogP contribution in [0.4, 0.5) is 0 Å². The van der Waals surface area contributed by atoms with Gasteiger partial charge >= 0.3 is 106 Å². The van der Waals surface area contributed by atoms with Crippen molar-refractivity contribution in [3.63, 3.8) is 0 Å². The van der Waals surface area contributed by atoms with Gasteiger partial charge < -0.3 is 0 Å². The SMILES string of the molecule is CC(C)(C)c1cc2c([c-]c1-c1ccccc1)Cc1cc(-c3ccccc3)c(C(C)(C)C)cc1-2.[C-]1=CC=CC1.[Zr+2]=[C](Cc1ccccc1)c1ccccc1. The molecule has 0 saturated carbocycles. The van der Waals surface area contributed by atoms with Crippen LogP contribution in [0.1, 0.15) is 81.3 Å². The van der Waals surface area contributed by atoms with Crippen molar-refractivity contribution in [3.05, 3.63) is 203 Å². The second-order valence-electron chi connectivity index (χ2n) is 15.9. The summed E-state index contributed by atoms with van der Waals surface area (Å²) < 4.78 is 1.51. The number of rotatable bonds is 5. The van der Waals surface area contributed by atoms with Gasteiger partial charge in [-0.15, -0.1) is 35.2 Å². The third kappa shape index (κ3) is 9.76. The fraction of sp³-hybridized carbons (Fsp3) is 0.212. The van der Waals surface area contributed by atoms with E-state index in [4.69, 9.17) is 0 Å². The van der Waals surface area contributed by atoms with Crippen LogP contribution in [0.5, 0.6) is 0 Å². The van der Waals surface area contributed by atoms with Crippen molar-refractivity contribution in [1.82, 2.24) is 0 Å². The maximum atomic E-state index is 3.88. The molecule has 8 rings (SSSR count). The summed E-state index contributed by atoms with van der Waals surface area (Å²) in [7, 11) is 0. The van der Waals surface area contributed by atoms with Gasteiger partial charge in [-0.2, -0.15) is 6.08 Å². The Kier molecular flexibility index (Phi) is 12.4. The molecule has 0 aromatic heterocycles. The molecule has 2 aliphatic carbocycles. The minimum absolute atomic E-state index is 0.0380. The Hall–Kier alpha value is -4.45. The van der Waals surface area contributed by atoms with Gasteiger partial charge in [0.25, 0.3) is 0 Å². The standard InChI is InChI=1S/C33H33.C14H12.C5H5.Zr/c1-32(2,3)30-20-26-24(18-28(30)22-13-9-7-10-14-22)17-25-19-29(23-15-11-8-12-16-23)31(21-27(25)26)33(4,5)6;1-3-7-13(8-4-1)11-12-14-9-5-2-6-10-14;1-2-4-5-3-1;/h7-16,18,20-21H,17H2,1-6H3;1-10H,11H2;1-3H,4H2;/q-1;;-1;+2. The number of benzene rings is 6. The topological polar surface area (TPSA) is 0 Å². The van der Waals surface area contributed by atoms with Crippen LogP contribution in [-0.2, 0) is 47.9 Å². The van der Waals surface area contributed by atoms with E-state index in [1.54, 1.807) is 0 Å². The first kappa shape index (κ1) is 38.3. The minimum atomic E-state index is 0.0380. The first-order valence-corrected chi connectivity index (χ1v) is 20.0. The summed E-state index contributed by atoms with van der Waals surface area (Å²) in [6.45, 7) is 13.9. The number of hydrogen-bond acceptors (Lipinski definition) is 0. The molecule has 262 valence electrons. The van der Waals surface area contributed by atoms with Crippen molar-refractivity contribution in [1.29, 1.82) is 0 Å². The third-order valence-corrected chi connectivity index (χ3v) is 10.9. The Morgan fingerprint density at radius 3 is 1.68 bits per heavy atom. The Balaban J connectivity index is 0.000000197. The fourth-order valence-corrected chi connectivity index (χ4v) is 7.89. The van der Waals surface area contributed by atoms with E-state index in [-0.39, 0.29) is 10.8 Å². The molecule has 6 aromatic carbocycles. The molecule has 2 aliphatic rings. The zero-order valence-corrected chi connectivity index (χ0v) is 34.6. The van der Waals surface area contributed by atoms with Gasteiger partial charge in [0.1, 0.15) is 0 Å². The molecule has 0 aliphatic heterocycles. The maximum absolute atomic E-state index is 3.88. The first-order valence-electron chi connectivity index (χ1n) is 18.8. The molecule has 0 radical (unpaired) electrons. The normalized spacial score (nSPS) is 12.6. The fourth-order valence-electron chi connectivity index (χ4n) is 6.98. The van der Waals surface area contributed by atoms with Crippen LogP contribution in [0.2, 0.25) is 0 Å². The molecule has 1 heteroatoms. The average molecular weight is 766 g/mol. The van der Waals surface area contributed by atoms with E-state index in [0.29, 0.717) is 0 Å². The molecule has 0 nitrogen and oxygen atoms in total. The second kappa shape index (κ2) is 17.1. The van der Waals surface area contributed by atoms with Gasteiger partial charge in [0.15, 0.2) is 0 Å². The number of allylic oxidation sites excluding steroid dienone is 4. The first-order chi connectivity index (χ1) is 25.5. The number of fused-ring (bicyclic) bond motifs is 3. The van der Waals surface area contributed by atoms with Gasteiger partial charge in [-0.1, -0.05) is 131 Å². The molecule has 0 unspecified atom stereocenters. The predicted octanol–water partition coefficient (Wildman–Crippen LogP) is 13.3. The predicted molar refractivity (Wildman–Crippen MR) is 224 cm³/mol. The van der Waals surface area contributed by atoms with Crippen LogP contribution in [-0.4, -0.2) is 3.21 Å². The van der Waals surface area contributed by atoms with Gasteiger partial charge in [0.05, 0.1) is 0 Å². The van der Waals surface area contributed by atoms with E-state index in [9.17, 15) is 0 Å². The molecule has 0 bridgehead atoms. The van der Waals surface area contributed by atoms with Gasteiger partial charge in [0.2, 0.25) is 0 Å². The zero-order valence-electron chi connectivity index (χ0n) is 32.1.